The molecule has 8 heteroatoms. The normalized spacial score (nSPS) is 19.4. The van der Waals surface area contributed by atoms with Gasteiger partial charge in [0.1, 0.15) is 12.4 Å². The first-order valence-electron chi connectivity index (χ1n) is 11.8. The predicted molar refractivity (Wildman–Crippen MR) is 125 cm³/mol. The molecule has 32 heavy (non-hydrogen) atoms. The molecule has 0 radical (unpaired) electrons. The summed E-state index contributed by atoms with van der Waals surface area (Å²) in [5.74, 6) is 1.03. The number of guanidine groups is 1. The number of ether oxygens (including phenoxy) is 1. The van der Waals surface area contributed by atoms with Gasteiger partial charge < -0.3 is 20.3 Å². The summed E-state index contributed by atoms with van der Waals surface area (Å²) in [7, 11) is 3.48. The second-order valence-electron chi connectivity index (χ2n) is 8.93. The van der Waals surface area contributed by atoms with Gasteiger partial charge in [0.05, 0.1) is 19.3 Å². The van der Waals surface area contributed by atoms with Crippen molar-refractivity contribution < 1.29 is 13.9 Å². The lowest BCUT2D eigenvalue weighted by atomic mass is 9.89. The van der Waals surface area contributed by atoms with E-state index in [1.54, 1.807) is 19.0 Å². The summed E-state index contributed by atoms with van der Waals surface area (Å²) in [5.41, 5.74) is 1.05. The van der Waals surface area contributed by atoms with Gasteiger partial charge in [0, 0.05) is 40.3 Å². The molecule has 7 nitrogen and oxygen atoms in total. The molecule has 1 aliphatic carbocycles. The lowest BCUT2D eigenvalue weighted by Gasteiger charge is -2.35. The third kappa shape index (κ3) is 7.74. The van der Waals surface area contributed by atoms with Crippen LogP contribution >= 0.6 is 0 Å². The van der Waals surface area contributed by atoms with Gasteiger partial charge in [-0.25, -0.2) is 9.38 Å². The van der Waals surface area contributed by atoms with Gasteiger partial charge in [-0.3, -0.25) is 9.69 Å². The van der Waals surface area contributed by atoms with Crippen LogP contribution in [0.4, 0.5) is 4.39 Å². The standard InChI is InChI=1S/C24H38FN5O2/c1-29(2)23(31)18-28-24(26-16-19-6-4-3-5-7-19)27-17-22(30-12-14-32-15-13-30)20-8-10-21(25)11-9-20/h8-11,19,22H,3-7,12-18H2,1-2H3,(H2,26,27,28). The molecule has 0 spiro atoms. The zero-order valence-corrected chi connectivity index (χ0v) is 19.5. The lowest BCUT2D eigenvalue weighted by Crippen LogP contribution is -2.47. The Morgan fingerprint density at radius 1 is 1.16 bits per heavy atom. The molecule has 1 unspecified atom stereocenters. The number of nitrogens with one attached hydrogen (secondary N) is 2. The Bertz CT molecular complexity index is 728. The van der Waals surface area contributed by atoms with E-state index >= 15 is 0 Å². The number of aliphatic imine (C=N–C) groups is 1. The van der Waals surface area contributed by atoms with Crippen LogP contribution in [0, 0.1) is 11.7 Å². The number of likely N-dealkylation sites (N-methyl/N-ethyl adjacent to an activating group) is 1. The number of halogens is 1. The number of rotatable bonds is 8. The minimum atomic E-state index is -0.235. The highest BCUT2D eigenvalue weighted by Gasteiger charge is 2.23. The first kappa shape index (κ1) is 24.5. The minimum Gasteiger partial charge on any atom is -0.379 e. The molecule has 2 fully saturated rings. The Balaban J connectivity index is 1.68. The van der Waals surface area contributed by atoms with Crippen molar-refractivity contribution in [2.45, 2.75) is 38.1 Å². The Hall–Kier alpha value is -2.19. The van der Waals surface area contributed by atoms with Crippen LogP contribution in [0.2, 0.25) is 0 Å². The molecule has 2 aliphatic rings. The van der Waals surface area contributed by atoms with Gasteiger partial charge >= 0.3 is 0 Å². The number of amides is 1. The number of carbonyl (C=O) groups excluding carboxylic acids is 1. The molecule has 1 aliphatic heterocycles. The minimum absolute atomic E-state index is 0.0352. The van der Waals surface area contributed by atoms with Crippen LogP contribution in [-0.4, -0.2) is 81.7 Å². The quantitative estimate of drug-likeness (QED) is 0.473. The molecule has 1 aromatic carbocycles. The SMILES string of the molecule is CN(C)C(=O)CN=C(NCC1CCCCC1)NCC(c1ccc(F)cc1)N1CCOCC1. The number of carbonyl (C=O) groups is 1. The van der Waals surface area contributed by atoms with Gasteiger partial charge in [0.15, 0.2) is 5.96 Å². The van der Waals surface area contributed by atoms with Gasteiger partial charge in [-0.05, 0) is 36.5 Å². The van der Waals surface area contributed by atoms with Crippen LogP contribution in [0.3, 0.4) is 0 Å². The van der Waals surface area contributed by atoms with E-state index in [2.05, 4.69) is 20.5 Å². The van der Waals surface area contributed by atoms with E-state index < -0.39 is 0 Å². The van der Waals surface area contributed by atoms with Gasteiger partial charge in [-0.2, -0.15) is 0 Å². The highest BCUT2D eigenvalue weighted by Crippen LogP contribution is 2.23. The maximum absolute atomic E-state index is 13.5. The summed E-state index contributed by atoms with van der Waals surface area (Å²) in [5, 5.41) is 6.92. The second kappa shape index (κ2) is 12.7. The van der Waals surface area contributed by atoms with Gasteiger partial charge in [0.2, 0.25) is 5.91 Å². The van der Waals surface area contributed by atoms with E-state index in [9.17, 15) is 9.18 Å². The van der Waals surface area contributed by atoms with Crippen molar-refractivity contribution in [1.82, 2.24) is 20.4 Å². The maximum Gasteiger partial charge on any atom is 0.243 e. The fourth-order valence-electron chi connectivity index (χ4n) is 4.32. The fourth-order valence-corrected chi connectivity index (χ4v) is 4.32. The van der Waals surface area contributed by atoms with Crippen LogP contribution in [0.1, 0.15) is 43.7 Å². The number of hydrogen-bond donors (Lipinski definition) is 2. The molecule has 3 rings (SSSR count). The molecule has 178 valence electrons. The lowest BCUT2D eigenvalue weighted by molar-refractivity contribution is -0.127. The molecule has 1 saturated heterocycles. The molecule has 1 aromatic rings. The number of nitrogens with zero attached hydrogens (tertiary/aromatic N) is 3. The number of hydrogen-bond acceptors (Lipinski definition) is 4. The average molecular weight is 448 g/mol. The summed E-state index contributed by atoms with van der Waals surface area (Å²) in [6, 6.07) is 6.77. The van der Waals surface area contributed by atoms with Crippen LogP contribution in [0.5, 0.6) is 0 Å². The smallest absolute Gasteiger partial charge is 0.243 e. The summed E-state index contributed by atoms with van der Waals surface area (Å²) in [4.78, 5) is 20.6. The van der Waals surface area contributed by atoms with Crippen LogP contribution in [0.25, 0.3) is 0 Å². The molecular formula is C24H38FN5O2. The van der Waals surface area contributed by atoms with Gasteiger partial charge in [-0.15, -0.1) is 0 Å². The molecule has 2 N–H and O–H groups in total. The van der Waals surface area contributed by atoms with Crippen molar-refractivity contribution in [2.75, 3.05) is 60.0 Å². The third-order valence-corrected chi connectivity index (χ3v) is 6.36. The van der Waals surface area contributed by atoms with Crippen molar-refractivity contribution >= 4 is 11.9 Å². The first-order valence-corrected chi connectivity index (χ1v) is 11.8. The van der Waals surface area contributed by atoms with E-state index in [4.69, 9.17) is 4.74 Å². The summed E-state index contributed by atoms with van der Waals surface area (Å²) < 4.78 is 19.0. The second-order valence-corrected chi connectivity index (χ2v) is 8.93. The number of benzene rings is 1. The Morgan fingerprint density at radius 2 is 1.84 bits per heavy atom. The zero-order valence-electron chi connectivity index (χ0n) is 19.5. The van der Waals surface area contributed by atoms with E-state index in [0.29, 0.717) is 31.6 Å². The van der Waals surface area contributed by atoms with Crippen molar-refractivity contribution in [3.8, 4) is 0 Å². The molecule has 1 amide bonds. The third-order valence-electron chi connectivity index (χ3n) is 6.36. The molecule has 0 aromatic heterocycles. The molecule has 1 atom stereocenters. The van der Waals surface area contributed by atoms with E-state index in [0.717, 1.165) is 25.2 Å². The van der Waals surface area contributed by atoms with Crippen molar-refractivity contribution in [1.29, 1.82) is 0 Å². The van der Waals surface area contributed by atoms with Crippen molar-refractivity contribution in [3.05, 3.63) is 35.6 Å². The van der Waals surface area contributed by atoms with E-state index in [-0.39, 0.29) is 24.3 Å². The van der Waals surface area contributed by atoms with Gasteiger partial charge in [-0.1, -0.05) is 31.4 Å². The fraction of sp³-hybridized carbons (Fsp3) is 0.667. The van der Waals surface area contributed by atoms with E-state index in [1.165, 1.54) is 44.2 Å². The van der Waals surface area contributed by atoms with Crippen molar-refractivity contribution in [3.63, 3.8) is 0 Å². The largest absolute Gasteiger partial charge is 0.379 e. The van der Waals surface area contributed by atoms with Crippen molar-refractivity contribution in [2.24, 2.45) is 10.9 Å². The number of morpholine rings is 1. The Kier molecular flexibility index (Phi) is 9.74. The molecule has 0 bridgehead atoms. The van der Waals surface area contributed by atoms with Crippen LogP contribution in [-0.2, 0) is 9.53 Å². The summed E-state index contributed by atoms with van der Waals surface area (Å²) in [6.07, 6.45) is 6.38. The molecule has 1 heterocycles. The van der Waals surface area contributed by atoms with Gasteiger partial charge in [0.25, 0.3) is 0 Å². The highest BCUT2D eigenvalue weighted by atomic mass is 19.1. The monoisotopic (exact) mass is 447 g/mol. The summed E-state index contributed by atoms with van der Waals surface area (Å²) >= 11 is 0. The maximum atomic E-state index is 13.5. The predicted octanol–water partition coefficient (Wildman–Crippen LogP) is 2.40. The summed E-state index contributed by atoms with van der Waals surface area (Å²) in [6.45, 7) is 4.60. The Labute approximate surface area is 191 Å². The first-order chi connectivity index (χ1) is 15.5. The molecule has 1 saturated carbocycles. The molecular weight excluding hydrogens is 409 g/mol. The zero-order chi connectivity index (χ0) is 22.8. The van der Waals surface area contributed by atoms with Crippen LogP contribution < -0.4 is 10.6 Å². The van der Waals surface area contributed by atoms with Crippen LogP contribution in [0.15, 0.2) is 29.3 Å². The topological polar surface area (TPSA) is 69.2 Å². The van der Waals surface area contributed by atoms with E-state index in [1.807, 2.05) is 12.1 Å². The highest BCUT2D eigenvalue weighted by molar-refractivity contribution is 5.84. The average Bonchev–Trinajstić information content (AvgIpc) is 2.82. The Morgan fingerprint density at radius 3 is 2.50 bits per heavy atom.